The predicted octanol–water partition coefficient (Wildman–Crippen LogP) is 3.37. The van der Waals surface area contributed by atoms with E-state index in [0.717, 1.165) is 12.0 Å². The van der Waals surface area contributed by atoms with E-state index in [1.807, 2.05) is 24.3 Å². The molecule has 1 saturated heterocycles. The Bertz CT molecular complexity index is 864. The average molecular weight is 341 g/mol. The van der Waals surface area contributed by atoms with Gasteiger partial charge in [-0.25, -0.2) is 0 Å². The molecule has 0 spiro atoms. The number of hydrogen-bond donors (Lipinski definition) is 0. The van der Waals surface area contributed by atoms with Gasteiger partial charge in [-0.1, -0.05) is 28.9 Å². The third kappa shape index (κ3) is 2.65. The van der Waals surface area contributed by atoms with Crippen molar-refractivity contribution in [3.8, 4) is 11.5 Å². The Morgan fingerprint density at radius 1 is 1.25 bits per heavy atom. The summed E-state index contributed by atoms with van der Waals surface area (Å²) >= 11 is 5.92. The van der Waals surface area contributed by atoms with Crippen LogP contribution >= 0.6 is 11.6 Å². The number of rotatable bonds is 3. The molecule has 0 unspecified atom stereocenters. The topological polar surface area (TPSA) is 72.1 Å². The van der Waals surface area contributed by atoms with E-state index >= 15 is 0 Å². The van der Waals surface area contributed by atoms with Crippen LogP contribution < -0.4 is 0 Å². The van der Waals surface area contributed by atoms with Crippen molar-refractivity contribution < 1.29 is 9.32 Å². The molecule has 0 N–H and O–H groups in total. The number of amides is 1. The molecule has 1 aliphatic rings. The summed E-state index contributed by atoms with van der Waals surface area (Å²) in [6, 6.07) is 11.1. The third-order valence-corrected chi connectivity index (χ3v) is 4.31. The van der Waals surface area contributed by atoms with Crippen LogP contribution in [-0.4, -0.2) is 32.5 Å². The van der Waals surface area contributed by atoms with Crippen molar-refractivity contribution in [1.82, 2.24) is 20.0 Å². The molecule has 120 valence electrons. The minimum absolute atomic E-state index is 0.0232. The Morgan fingerprint density at radius 2 is 2.08 bits per heavy atom. The minimum atomic E-state index is -0.236. The van der Waals surface area contributed by atoms with E-state index in [2.05, 4.69) is 15.1 Å². The number of hydrogen-bond acceptors (Lipinski definition) is 5. The monoisotopic (exact) mass is 340 g/mol. The first-order valence-corrected chi connectivity index (χ1v) is 7.91. The van der Waals surface area contributed by atoms with Gasteiger partial charge in [-0.2, -0.15) is 4.98 Å². The van der Waals surface area contributed by atoms with Crippen molar-refractivity contribution in [1.29, 1.82) is 0 Å². The SMILES string of the molecule is O=C(c1noc(-c2cccnc2)n1)N1CC[C@@H]1c1ccc(Cl)cc1. The van der Waals surface area contributed by atoms with Crippen molar-refractivity contribution in [2.75, 3.05) is 6.54 Å². The van der Waals surface area contributed by atoms with Crippen molar-refractivity contribution in [2.24, 2.45) is 0 Å². The van der Waals surface area contributed by atoms with Crippen LogP contribution in [0.4, 0.5) is 0 Å². The van der Waals surface area contributed by atoms with Crippen LogP contribution in [0, 0.1) is 0 Å². The fraction of sp³-hybridized carbons (Fsp3) is 0.176. The van der Waals surface area contributed by atoms with Crippen molar-refractivity contribution in [3.05, 3.63) is 65.2 Å². The van der Waals surface area contributed by atoms with Crippen LogP contribution in [-0.2, 0) is 0 Å². The fourth-order valence-electron chi connectivity index (χ4n) is 2.71. The summed E-state index contributed by atoms with van der Waals surface area (Å²) in [4.78, 5) is 22.6. The molecule has 1 atom stereocenters. The van der Waals surface area contributed by atoms with Crippen molar-refractivity contribution in [2.45, 2.75) is 12.5 Å². The second kappa shape index (κ2) is 6.05. The Labute approximate surface area is 143 Å². The van der Waals surface area contributed by atoms with E-state index < -0.39 is 0 Å². The van der Waals surface area contributed by atoms with Gasteiger partial charge in [0, 0.05) is 24.0 Å². The number of carbonyl (C=O) groups is 1. The summed E-state index contributed by atoms with van der Waals surface area (Å²) in [7, 11) is 0. The minimum Gasteiger partial charge on any atom is -0.333 e. The molecule has 3 heterocycles. The lowest BCUT2D eigenvalue weighted by atomic mass is 9.94. The van der Waals surface area contributed by atoms with E-state index in [4.69, 9.17) is 16.1 Å². The highest BCUT2D eigenvalue weighted by molar-refractivity contribution is 6.30. The van der Waals surface area contributed by atoms with Gasteiger partial charge in [0.15, 0.2) is 0 Å². The lowest BCUT2D eigenvalue weighted by molar-refractivity contribution is 0.0444. The van der Waals surface area contributed by atoms with Gasteiger partial charge in [0.25, 0.3) is 17.6 Å². The van der Waals surface area contributed by atoms with Gasteiger partial charge >= 0.3 is 0 Å². The highest BCUT2D eigenvalue weighted by Gasteiger charge is 2.36. The maximum Gasteiger partial charge on any atom is 0.295 e. The molecule has 0 radical (unpaired) electrons. The molecule has 0 saturated carbocycles. The lowest BCUT2D eigenvalue weighted by Gasteiger charge is -2.40. The van der Waals surface area contributed by atoms with Crippen LogP contribution in [0.15, 0.2) is 53.3 Å². The summed E-state index contributed by atoms with van der Waals surface area (Å²) in [5.41, 5.74) is 1.73. The first-order valence-electron chi connectivity index (χ1n) is 7.53. The first kappa shape index (κ1) is 14.8. The molecule has 1 aromatic carbocycles. The zero-order valence-corrected chi connectivity index (χ0v) is 13.3. The van der Waals surface area contributed by atoms with Gasteiger partial charge in [-0.15, -0.1) is 0 Å². The number of aromatic nitrogens is 3. The molecular weight excluding hydrogens is 328 g/mol. The molecule has 24 heavy (non-hydrogen) atoms. The van der Waals surface area contributed by atoms with E-state index in [1.165, 1.54) is 0 Å². The van der Waals surface area contributed by atoms with Gasteiger partial charge < -0.3 is 9.42 Å². The third-order valence-electron chi connectivity index (χ3n) is 4.06. The molecule has 1 amide bonds. The molecule has 1 fully saturated rings. The van der Waals surface area contributed by atoms with E-state index in [-0.39, 0.29) is 23.7 Å². The van der Waals surface area contributed by atoms with Gasteiger partial charge in [0.1, 0.15) is 0 Å². The average Bonchev–Trinajstić information content (AvgIpc) is 3.07. The van der Waals surface area contributed by atoms with Crippen LogP contribution in [0.5, 0.6) is 0 Å². The fourth-order valence-corrected chi connectivity index (χ4v) is 2.83. The lowest BCUT2D eigenvalue weighted by Crippen LogP contribution is -2.45. The second-order valence-corrected chi connectivity index (χ2v) is 5.96. The highest BCUT2D eigenvalue weighted by atomic mass is 35.5. The molecule has 6 nitrogen and oxygen atoms in total. The molecule has 1 aliphatic heterocycles. The van der Waals surface area contributed by atoms with Gasteiger partial charge in [0.2, 0.25) is 0 Å². The molecular formula is C17H13ClN4O2. The standard InChI is InChI=1S/C17H13ClN4O2/c18-13-5-3-11(4-6-13)14-7-9-22(14)17(23)15-20-16(24-21-15)12-2-1-8-19-10-12/h1-6,8,10,14H,7,9H2/t14-/m1/s1. The van der Waals surface area contributed by atoms with Crippen LogP contribution in [0.3, 0.4) is 0 Å². The molecule has 2 aromatic heterocycles. The first-order chi connectivity index (χ1) is 11.7. The molecule has 0 aliphatic carbocycles. The smallest absolute Gasteiger partial charge is 0.295 e. The molecule has 7 heteroatoms. The zero-order chi connectivity index (χ0) is 16.5. The summed E-state index contributed by atoms with van der Waals surface area (Å²) in [5.74, 6) is 0.114. The summed E-state index contributed by atoms with van der Waals surface area (Å²) in [6.45, 7) is 0.670. The number of carbonyl (C=O) groups excluding carboxylic acids is 1. The van der Waals surface area contributed by atoms with Crippen molar-refractivity contribution >= 4 is 17.5 Å². The zero-order valence-electron chi connectivity index (χ0n) is 12.6. The van der Waals surface area contributed by atoms with Crippen LogP contribution in [0.1, 0.15) is 28.6 Å². The van der Waals surface area contributed by atoms with Gasteiger partial charge in [0.05, 0.1) is 11.6 Å². The van der Waals surface area contributed by atoms with Crippen molar-refractivity contribution in [3.63, 3.8) is 0 Å². The van der Waals surface area contributed by atoms with E-state index in [9.17, 15) is 4.79 Å². The number of benzene rings is 1. The normalized spacial score (nSPS) is 16.7. The Kier molecular flexibility index (Phi) is 3.74. The molecule has 3 aromatic rings. The maximum absolute atomic E-state index is 12.6. The number of halogens is 1. The van der Waals surface area contributed by atoms with Crippen LogP contribution in [0.25, 0.3) is 11.5 Å². The van der Waals surface area contributed by atoms with E-state index in [1.54, 1.807) is 29.4 Å². The summed E-state index contributed by atoms with van der Waals surface area (Å²) in [6.07, 6.45) is 4.17. The Hall–Kier alpha value is -2.73. The predicted molar refractivity (Wildman–Crippen MR) is 87.4 cm³/mol. The summed E-state index contributed by atoms with van der Waals surface area (Å²) < 4.78 is 5.18. The molecule has 4 rings (SSSR count). The second-order valence-electron chi connectivity index (χ2n) is 5.52. The van der Waals surface area contributed by atoms with Crippen LogP contribution in [0.2, 0.25) is 5.02 Å². The largest absolute Gasteiger partial charge is 0.333 e. The summed E-state index contributed by atoms with van der Waals surface area (Å²) in [5, 5.41) is 4.49. The number of pyridine rings is 1. The number of likely N-dealkylation sites (tertiary alicyclic amines) is 1. The maximum atomic E-state index is 12.6. The van der Waals surface area contributed by atoms with Gasteiger partial charge in [-0.05, 0) is 36.2 Å². The molecule has 0 bridgehead atoms. The Balaban J connectivity index is 1.54. The van der Waals surface area contributed by atoms with E-state index in [0.29, 0.717) is 17.1 Å². The highest BCUT2D eigenvalue weighted by Crippen LogP contribution is 2.34. The Morgan fingerprint density at radius 3 is 2.75 bits per heavy atom. The quantitative estimate of drug-likeness (QED) is 0.731. The van der Waals surface area contributed by atoms with Gasteiger partial charge in [-0.3, -0.25) is 9.78 Å². The number of nitrogens with zero attached hydrogens (tertiary/aromatic N) is 4.